The first-order valence-corrected chi connectivity index (χ1v) is 9.97. The fraction of sp³-hybridized carbons (Fsp3) is 0.429. The molecule has 0 spiro atoms. The van der Waals surface area contributed by atoms with Crippen LogP contribution in [0.1, 0.15) is 48.8 Å². The third-order valence-electron chi connectivity index (χ3n) is 5.33. The molecule has 0 fully saturated rings. The van der Waals surface area contributed by atoms with Crippen LogP contribution in [0.25, 0.3) is 0 Å². The van der Waals surface area contributed by atoms with E-state index in [4.69, 9.17) is 4.74 Å². The molecule has 146 valence electrons. The van der Waals surface area contributed by atoms with Crippen molar-refractivity contribution in [2.45, 2.75) is 40.0 Å². The van der Waals surface area contributed by atoms with Crippen LogP contribution in [-0.2, 0) is 12.8 Å². The Morgan fingerprint density at radius 1 is 1.43 bits per heavy atom. The van der Waals surface area contributed by atoms with E-state index in [1.165, 1.54) is 24.1 Å². The van der Waals surface area contributed by atoms with E-state index in [0.717, 1.165) is 24.8 Å². The molecule has 0 unspecified atom stereocenters. The van der Waals surface area contributed by atoms with Crippen LogP contribution in [0.15, 0.2) is 23.2 Å². The average Bonchev–Trinajstić information content (AvgIpc) is 3.01. The topological polar surface area (TPSA) is 88.5 Å². The molecule has 3 rings (SSSR count). The molecule has 0 N–H and O–H groups in total. The van der Waals surface area contributed by atoms with E-state index in [9.17, 15) is 15.4 Å². The Balaban J connectivity index is 1.96. The van der Waals surface area contributed by atoms with Gasteiger partial charge in [0, 0.05) is 28.8 Å². The molecular weight excluding hydrogens is 374 g/mol. The number of benzene rings is 1. The minimum absolute atomic E-state index is 0.0266. The molecule has 6 nitrogen and oxygen atoms in total. The highest BCUT2D eigenvalue weighted by Gasteiger charge is 2.32. The number of hydrogen-bond acceptors (Lipinski definition) is 6. The van der Waals surface area contributed by atoms with Gasteiger partial charge in [-0.05, 0) is 42.2 Å². The molecule has 1 aromatic carbocycles. The van der Waals surface area contributed by atoms with E-state index >= 15 is 0 Å². The number of non-ortho nitro benzene ring substituents is 1. The van der Waals surface area contributed by atoms with E-state index in [0.29, 0.717) is 27.8 Å². The lowest BCUT2D eigenvalue weighted by Gasteiger charge is -2.33. The molecule has 1 aliphatic carbocycles. The van der Waals surface area contributed by atoms with E-state index in [2.05, 4.69) is 31.8 Å². The van der Waals surface area contributed by atoms with Crippen molar-refractivity contribution in [3.05, 3.63) is 49.9 Å². The molecule has 1 atom stereocenters. The molecule has 0 radical (unpaired) electrons. The number of nitriles is 1. The highest BCUT2D eigenvalue weighted by molar-refractivity contribution is 7.16. The van der Waals surface area contributed by atoms with Gasteiger partial charge in [-0.3, -0.25) is 10.1 Å². The van der Waals surface area contributed by atoms with Crippen molar-refractivity contribution in [2.24, 2.45) is 16.3 Å². The summed E-state index contributed by atoms with van der Waals surface area (Å²) in [5.74, 6) is 1.08. The molecule has 0 bridgehead atoms. The second-order valence-electron chi connectivity index (χ2n) is 8.04. The summed E-state index contributed by atoms with van der Waals surface area (Å²) in [6.07, 6.45) is 4.48. The largest absolute Gasteiger partial charge is 0.496 e. The Morgan fingerprint density at radius 3 is 2.79 bits per heavy atom. The van der Waals surface area contributed by atoms with Crippen molar-refractivity contribution < 1.29 is 9.66 Å². The first-order chi connectivity index (χ1) is 13.2. The maximum atomic E-state index is 11.1. The smallest absolute Gasteiger partial charge is 0.270 e. The summed E-state index contributed by atoms with van der Waals surface area (Å²) in [4.78, 5) is 16.4. The van der Waals surface area contributed by atoms with Gasteiger partial charge in [0.1, 0.15) is 16.8 Å². The normalized spacial score (nSPS) is 16.6. The van der Waals surface area contributed by atoms with Crippen LogP contribution in [-0.4, -0.2) is 18.2 Å². The highest BCUT2D eigenvalue weighted by Crippen LogP contribution is 2.45. The average molecular weight is 398 g/mol. The third-order valence-corrected chi connectivity index (χ3v) is 6.49. The fourth-order valence-electron chi connectivity index (χ4n) is 3.58. The van der Waals surface area contributed by atoms with Crippen LogP contribution >= 0.6 is 11.3 Å². The maximum Gasteiger partial charge on any atom is 0.270 e. The summed E-state index contributed by atoms with van der Waals surface area (Å²) >= 11 is 1.55. The molecule has 2 aromatic rings. The third kappa shape index (κ3) is 3.92. The number of nitrogens with zero attached hydrogens (tertiary/aromatic N) is 3. The van der Waals surface area contributed by atoms with Crippen molar-refractivity contribution in [1.82, 2.24) is 0 Å². The van der Waals surface area contributed by atoms with Crippen LogP contribution < -0.4 is 4.74 Å². The van der Waals surface area contributed by atoms with Crippen LogP contribution in [0.5, 0.6) is 5.75 Å². The van der Waals surface area contributed by atoms with Gasteiger partial charge >= 0.3 is 0 Å². The van der Waals surface area contributed by atoms with Crippen molar-refractivity contribution in [3.63, 3.8) is 0 Å². The van der Waals surface area contributed by atoms with Crippen LogP contribution in [0.4, 0.5) is 10.7 Å². The van der Waals surface area contributed by atoms with Crippen LogP contribution in [0.3, 0.4) is 0 Å². The summed E-state index contributed by atoms with van der Waals surface area (Å²) in [5, 5.41) is 21.4. The molecule has 1 aromatic heterocycles. The zero-order valence-corrected chi connectivity index (χ0v) is 17.3. The fourth-order valence-corrected chi connectivity index (χ4v) is 4.80. The second-order valence-corrected chi connectivity index (χ2v) is 9.13. The number of nitro groups is 1. The summed E-state index contributed by atoms with van der Waals surface area (Å²) in [7, 11) is 1.51. The molecule has 0 aliphatic heterocycles. The molecule has 0 saturated carbocycles. The SMILES string of the molecule is COc1ccc([N+](=O)[O-])cc1C=Nc1sc2c(c1C#N)CC[C@@H](C(C)(C)C)C2. The number of hydrogen-bond donors (Lipinski definition) is 0. The minimum Gasteiger partial charge on any atom is -0.496 e. The minimum atomic E-state index is -0.450. The molecule has 1 heterocycles. The summed E-state index contributed by atoms with van der Waals surface area (Å²) < 4.78 is 5.28. The number of thiophene rings is 1. The number of nitro benzene ring substituents is 1. The summed E-state index contributed by atoms with van der Waals surface area (Å²) in [6.45, 7) is 6.78. The second kappa shape index (κ2) is 7.72. The Hall–Kier alpha value is -2.72. The number of rotatable bonds is 4. The van der Waals surface area contributed by atoms with Gasteiger partial charge < -0.3 is 4.74 Å². The number of ether oxygens (including phenoxy) is 1. The molecule has 0 amide bonds. The summed E-state index contributed by atoms with van der Waals surface area (Å²) in [5.41, 5.74) is 2.47. The van der Waals surface area contributed by atoms with Gasteiger partial charge in [-0.1, -0.05) is 20.8 Å². The lowest BCUT2D eigenvalue weighted by Crippen LogP contribution is -2.26. The standard InChI is InChI=1S/C21H23N3O3S/c1-21(2,3)14-5-7-16-17(11-22)20(28-19(16)10-14)23-12-13-9-15(24(25)26)6-8-18(13)27-4/h6,8-9,12,14H,5,7,10H2,1-4H3/t14-/m1/s1. The Morgan fingerprint density at radius 2 is 2.18 bits per heavy atom. The van der Waals surface area contributed by atoms with E-state index in [-0.39, 0.29) is 11.1 Å². The Kier molecular flexibility index (Phi) is 5.52. The number of fused-ring (bicyclic) bond motifs is 1. The van der Waals surface area contributed by atoms with Crippen LogP contribution in [0, 0.1) is 32.8 Å². The van der Waals surface area contributed by atoms with Crippen molar-refractivity contribution in [1.29, 1.82) is 5.26 Å². The molecule has 0 saturated heterocycles. The number of aliphatic imine (C=N–C) groups is 1. The van der Waals surface area contributed by atoms with Crippen LogP contribution in [0.2, 0.25) is 0 Å². The zero-order chi connectivity index (χ0) is 20.5. The maximum absolute atomic E-state index is 11.1. The van der Waals surface area contributed by atoms with Gasteiger partial charge in [-0.25, -0.2) is 4.99 Å². The molecule has 7 heteroatoms. The molecule has 28 heavy (non-hydrogen) atoms. The van der Waals surface area contributed by atoms with Crippen molar-refractivity contribution >= 4 is 28.2 Å². The molecular formula is C21H23N3O3S. The van der Waals surface area contributed by atoms with Crippen molar-refractivity contribution in [3.8, 4) is 11.8 Å². The lowest BCUT2D eigenvalue weighted by molar-refractivity contribution is -0.384. The Bertz CT molecular complexity index is 980. The quantitative estimate of drug-likeness (QED) is 0.390. The van der Waals surface area contributed by atoms with Gasteiger partial charge in [0.15, 0.2) is 0 Å². The summed E-state index contributed by atoms with van der Waals surface area (Å²) in [6, 6.07) is 6.69. The van der Waals surface area contributed by atoms with Gasteiger partial charge in [0.25, 0.3) is 5.69 Å². The predicted molar refractivity (Wildman–Crippen MR) is 111 cm³/mol. The lowest BCUT2D eigenvalue weighted by atomic mass is 9.72. The Labute approximate surface area is 168 Å². The number of methoxy groups -OCH3 is 1. The van der Waals surface area contributed by atoms with E-state index in [1.807, 2.05) is 0 Å². The molecule has 1 aliphatic rings. The van der Waals surface area contributed by atoms with E-state index < -0.39 is 4.92 Å². The van der Waals surface area contributed by atoms with Gasteiger partial charge in [0.2, 0.25) is 0 Å². The highest BCUT2D eigenvalue weighted by atomic mass is 32.1. The monoisotopic (exact) mass is 397 g/mol. The van der Waals surface area contributed by atoms with Gasteiger partial charge in [0.05, 0.1) is 17.6 Å². The first-order valence-electron chi connectivity index (χ1n) is 9.15. The van der Waals surface area contributed by atoms with Gasteiger partial charge in [-0.15, -0.1) is 11.3 Å². The van der Waals surface area contributed by atoms with E-state index in [1.54, 1.807) is 23.6 Å². The first kappa shape index (κ1) is 20.0. The predicted octanol–water partition coefficient (Wildman–Crippen LogP) is 5.44. The zero-order valence-electron chi connectivity index (χ0n) is 16.5. The van der Waals surface area contributed by atoms with Crippen molar-refractivity contribution in [2.75, 3.05) is 7.11 Å². The van der Waals surface area contributed by atoms with Gasteiger partial charge in [-0.2, -0.15) is 5.26 Å².